The fourth-order valence-electron chi connectivity index (χ4n) is 1.17. The summed E-state index contributed by atoms with van der Waals surface area (Å²) in [6, 6.07) is 0. The molecule has 1 aromatic heterocycles. The minimum Gasteiger partial charge on any atom is -0.360 e. The SMILES string of the molecule is Cc1nc(NCC(C)(C)N(C)C)sc1S(N)(=O)=O. The third kappa shape index (κ3) is 3.64. The highest BCUT2D eigenvalue weighted by atomic mass is 32.2. The van der Waals surface area contributed by atoms with Crippen LogP contribution < -0.4 is 10.5 Å². The fourth-order valence-corrected chi connectivity index (χ4v) is 3.03. The lowest BCUT2D eigenvalue weighted by atomic mass is 10.1. The predicted molar refractivity (Wildman–Crippen MR) is 74.5 cm³/mol. The van der Waals surface area contributed by atoms with Crippen LogP contribution in [0.2, 0.25) is 0 Å². The molecule has 0 aliphatic rings. The second-order valence-corrected chi connectivity index (χ2v) is 7.75. The largest absolute Gasteiger partial charge is 0.360 e. The maximum absolute atomic E-state index is 11.3. The first-order valence-electron chi connectivity index (χ1n) is 5.45. The lowest BCUT2D eigenvalue weighted by Crippen LogP contribution is -2.44. The average molecular weight is 292 g/mol. The van der Waals surface area contributed by atoms with Crippen molar-refractivity contribution in [3.05, 3.63) is 5.69 Å². The number of nitrogens with two attached hydrogens (primary N) is 1. The zero-order valence-corrected chi connectivity index (χ0v) is 12.9. The summed E-state index contributed by atoms with van der Waals surface area (Å²) < 4.78 is 22.7. The van der Waals surface area contributed by atoms with Crippen LogP contribution in [0.15, 0.2) is 4.21 Å². The number of aromatic nitrogens is 1. The van der Waals surface area contributed by atoms with Crippen molar-refractivity contribution in [1.82, 2.24) is 9.88 Å². The molecule has 0 bridgehead atoms. The molecule has 0 aliphatic carbocycles. The van der Waals surface area contributed by atoms with Crippen molar-refractivity contribution in [2.24, 2.45) is 5.14 Å². The van der Waals surface area contributed by atoms with Gasteiger partial charge in [-0.05, 0) is 34.9 Å². The number of aryl methyl sites for hydroxylation is 1. The van der Waals surface area contributed by atoms with Crippen LogP contribution >= 0.6 is 11.3 Å². The van der Waals surface area contributed by atoms with Crippen LogP contribution in [0.25, 0.3) is 0 Å². The number of nitrogens with zero attached hydrogens (tertiary/aromatic N) is 2. The Morgan fingerprint density at radius 3 is 2.39 bits per heavy atom. The van der Waals surface area contributed by atoms with Gasteiger partial charge in [0.15, 0.2) is 9.34 Å². The monoisotopic (exact) mass is 292 g/mol. The maximum Gasteiger partial charge on any atom is 0.249 e. The van der Waals surface area contributed by atoms with Crippen molar-refractivity contribution < 1.29 is 8.42 Å². The summed E-state index contributed by atoms with van der Waals surface area (Å²) in [7, 11) is 0.304. The van der Waals surface area contributed by atoms with Crippen LogP contribution in [0.5, 0.6) is 0 Å². The van der Waals surface area contributed by atoms with Crippen molar-refractivity contribution in [1.29, 1.82) is 0 Å². The minimum absolute atomic E-state index is 0.0542. The van der Waals surface area contributed by atoms with E-state index in [1.54, 1.807) is 6.92 Å². The highest BCUT2D eigenvalue weighted by molar-refractivity contribution is 7.91. The van der Waals surface area contributed by atoms with Crippen LogP contribution in [0.4, 0.5) is 5.13 Å². The first kappa shape index (κ1) is 15.4. The third-order valence-electron chi connectivity index (χ3n) is 2.90. The molecule has 1 heterocycles. The van der Waals surface area contributed by atoms with E-state index in [1.165, 1.54) is 0 Å². The molecule has 0 atom stereocenters. The first-order chi connectivity index (χ1) is 8.04. The van der Waals surface area contributed by atoms with Gasteiger partial charge in [-0.15, -0.1) is 0 Å². The van der Waals surface area contributed by atoms with E-state index >= 15 is 0 Å². The van der Waals surface area contributed by atoms with Crippen molar-refractivity contribution in [3.8, 4) is 0 Å². The average Bonchev–Trinajstić information content (AvgIpc) is 2.56. The minimum atomic E-state index is -3.68. The van der Waals surface area contributed by atoms with Gasteiger partial charge in [0.25, 0.3) is 0 Å². The van der Waals surface area contributed by atoms with Gasteiger partial charge >= 0.3 is 0 Å². The number of primary sulfonamides is 1. The van der Waals surface area contributed by atoms with Gasteiger partial charge in [-0.25, -0.2) is 18.5 Å². The summed E-state index contributed by atoms with van der Waals surface area (Å²) in [4.78, 5) is 6.25. The molecule has 0 fully saturated rings. The summed E-state index contributed by atoms with van der Waals surface area (Å²) in [6.45, 7) is 6.47. The van der Waals surface area contributed by atoms with Gasteiger partial charge in [0.05, 0.1) is 5.69 Å². The zero-order chi connectivity index (χ0) is 14.1. The molecule has 0 radical (unpaired) electrons. The Balaban J connectivity index is 2.83. The lowest BCUT2D eigenvalue weighted by molar-refractivity contribution is 0.210. The molecule has 3 N–H and O–H groups in total. The van der Waals surface area contributed by atoms with Crippen molar-refractivity contribution in [3.63, 3.8) is 0 Å². The molecule has 8 heteroatoms. The molecule has 104 valence electrons. The van der Waals surface area contributed by atoms with Crippen LogP contribution in [0, 0.1) is 6.92 Å². The summed E-state index contributed by atoms with van der Waals surface area (Å²) in [5.41, 5.74) is 0.383. The standard InChI is InChI=1S/C10H20N4O2S2/c1-7-8(18(11,15)16)17-9(13-7)12-6-10(2,3)14(4)5/h6H2,1-5H3,(H,12,13)(H2,11,15,16). The number of thiazole rings is 1. The Kier molecular flexibility index (Phi) is 4.37. The van der Waals surface area contributed by atoms with Gasteiger partial charge in [-0.2, -0.15) is 0 Å². The molecule has 0 saturated carbocycles. The molecular formula is C10H20N4O2S2. The molecule has 0 unspecified atom stereocenters. The number of hydrogen-bond acceptors (Lipinski definition) is 6. The highest BCUT2D eigenvalue weighted by Gasteiger charge is 2.22. The van der Waals surface area contributed by atoms with E-state index in [1.807, 2.05) is 14.1 Å². The third-order valence-corrected chi connectivity index (χ3v) is 5.56. The van der Waals surface area contributed by atoms with Crippen molar-refractivity contribution in [2.45, 2.75) is 30.5 Å². The van der Waals surface area contributed by atoms with E-state index in [2.05, 4.69) is 29.0 Å². The molecule has 1 rings (SSSR count). The van der Waals surface area contributed by atoms with Gasteiger partial charge in [0.1, 0.15) is 0 Å². The number of hydrogen-bond donors (Lipinski definition) is 2. The van der Waals surface area contributed by atoms with E-state index in [0.29, 0.717) is 17.4 Å². The van der Waals surface area contributed by atoms with Gasteiger partial charge in [-0.3, -0.25) is 0 Å². The molecule has 0 aliphatic heterocycles. The smallest absolute Gasteiger partial charge is 0.249 e. The Hall–Kier alpha value is -0.700. The normalized spacial score (nSPS) is 13.1. The highest BCUT2D eigenvalue weighted by Crippen LogP contribution is 2.26. The molecule has 0 spiro atoms. The zero-order valence-electron chi connectivity index (χ0n) is 11.3. The number of anilines is 1. The van der Waals surface area contributed by atoms with Crippen molar-refractivity contribution >= 4 is 26.5 Å². The molecule has 0 aromatic carbocycles. The van der Waals surface area contributed by atoms with E-state index in [9.17, 15) is 8.42 Å². The van der Waals surface area contributed by atoms with Gasteiger partial charge in [0.2, 0.25) is 10.0 Å². The van der Waals surface area contributed by atoms with Gasteiger partial charge in [-0.1, -0.05) is 11.3 Å². The Bertz CT molecular complexity index is 520. The first-order valence-corrected chi connectivity index (χ1v) is 7.82. The number of nitrogens with one attached hydrogen (secondary N) is 1. The molecule has 0 saturated heterocycles. The number of likely N-dealkylation sites (N-methyl/N-ethyl adjacent to an activating group) is 1. The second kappa shape index (κ2) is 5.12. The molecule has 0 amide bonds. The van der Waals surface area contributed by atoms with E-state index in [0.717, 1.165) is 11.3 Å². The molecule has 18 heavy (non-hydrogen) atoms. The summed E-state index contributed by atoms with van der Waals surface area (Å²) >= 11 is 1.07. The topological polar surface area (TPSA) is 88.3 Å². The summed E-state index contributed by atoms with van der Waals surface area (Å²) in [5, 5.41) is 8.83. The van der Waals surface area contributed by atoms with Crippen molar-refractivity contribution in [2.75, 3.05) is 26.0 Å². The van der Waals surface area contributed by atoms with Gasteiger partial charge < -0.3 is 10.2 Å². The Morgan fingerprint density at radius 1 is 1.44 bits per heavy atom. The fraction of sp³-hybridized carbons (Fsp3) is 0.700. The molecular weight excluding hydrogens is 272 g/mol. The second-order valence-electron chi connectivity index (χ2n) is 5.00. The van der Waals surface area contributed by atoms with Crippen LogP contribution in [0.3, 0.4) is 0 Å². The van der Waals surface area contributed by atoms with E-state index < -0.39 is 10.0 Å². The summed E-state index contributed by atoms with van der Waals surface area (Å²) in [6.07, 6.45) is 0. The van der Waals surface area contributed by atoms with E-state index in [-0.39, 0.29) is 9.75 Å². The van der Waals surface area contributed by atoms with E-state index in [4.69, 9.17) is 5.14 Å². The van der Waals surface area contributed by atoms with Crippen LogP contribution in [0.1, 0.15) is 19.5 Å². The quantitative estimate of drug-likeness (QED) is 0.840. The molecule has 1 aromatic rings. The van der Waals surface area contributed by atoms with Crippen LogP contribution in [-0.4, -0.2) is 44.5 Å². The number of rotatable bonds is 5. The Morgan fingerprint density at radius 2 is 2.00 bits per heavy atom. The Labute approximate surface area is 112 Å². The van der Waals surface area contributed by atoms with Gasteiger partial charge in [0, 0.05) is 12.1 Å². The lowest BCUT2D eigenvalue weighted by Gasteiger charge is -2.32. The van der Waals surface area contributed by atoms with Crippen LogP contribution in [-0.2, 0) is 10.0 Å². The molecule has 6 nitrogen and oxygen atoms in total. The maximum atomic E-state index is 11.3. The predicted octanol–water partition coefficient (Wildman–Crippen LogP) is 0.851. The number of sulfonamides is 1. The summed E-state index contributed by atoms with van der Waals surface area (Å²) in [5.74, 6) is 0.